The summed E-state index contributed by atoms with van der Waals surface area (Å²) in [4.78, 5) is 1.11. The van der Waals surface area contributed by atoms with Crippen LogP contribution in [0.15, 0.2) is 22.7 Å². The van der Waals surface area contributed by atoms with Crippen molar-refractivity contribution in [3.8, 4) is 0 Å². The predicted molar refractivity (Wildman–Crippen MR) is 57.9 cm³/mol. The fourth-order valence-electron chi connectivity index (χ4n) is 1.19. The maximum absolute atomic E-state index is 12.1. The second-order valence-corrected chi connectivity index (χ2v) is 4.04. The topological polar surface area (TPSA) is 29.3 Å². The molecular formula is C9H10BrF3N2. The van der Waals surface area contributed by atoms with Crippen LogP contribution in [0.3, 0.4) is 0 Å². The van der Waals surface area contributed by atoms with Gasteiger partial charge in [0.15, 0.2) is 0 Å². The SMILES string of the molecule is CN(CC(F)(F)F)c1ccc(N)cc1Br. The first-order chi connectivity index (χ1) is 6.79. The van der Waals surface area contributed by atoms with Gasteiger partial charge in [0.05, 0.1) is 5.69 Å². The molecule has 2 N–H and O–H groups in total. The molecule has 15 heavy (non-hydrogen) atoms. The van der Waals surface area contributed by atoms with Gasteiger partial charge in [-0.2, -0.15) is 13.2 Å². The van der Waals surface area contributed by atoms with Gasteiger partial charge < -0.3 is 10.6 Å². The highest BCUT2D eigenvalue weighted by Gasteiger charge is 2.29. The van der Waals surface area contributed by atoms with Crippen molar-refractivity contribution in [1.29, 1.82) is 0 Å². The number of hydrogen-bond donors (Lipinski definition) is 1. The lowest BCUT2D eigenvalue weighted by atomic mass is 10.2. The van der Waals surface area contributed by atoms with E-state index in [9.17, 15) is 13.2 Å². The summed E-state index contributed by atoms with van der Waals surface area (Å²) in [6.45, 7) is -0.991. The first-order valence-corrected chi connectivity index (χ1v) is 4.92. The zero-order chi connectivity index (χ0) is 11.6. The molecule has 0 aliphatic heterocycles. The van der Waals surface area contributed by atoms with Gasteiger partial charge in [-0.3, -0.25) is 0 Å². The van der Waals surface area contributed by atoms with Crippen molar-refractivity contribution in [2.45, 2.75) is 6.18 Å². The summed E-state index contributed by atoms with van der Waals surface area (Å²) in [5.74, 6) is 0. The Morgan fingerprint density at radius 3 is 2.47 bits per heavy atom. The van der Waals surface area contributed by atoms with Crippen LogP contribution in [0.1, 0.15) is 0 Å². The van der Waals surface area contributed by atoms with E-state index < -0.39 is 12.7 Å². The number of nitrogen functional groups attached to an aromatic ring is 1. The van der Waals surface area contributed by atoms with E-state index in [1.54, 1.807) is 18.2 Å². The van der Waals surface area contributed by atoms with Crippen molar-refractivity contribution in [2.24, 2.45) is 0 Å². The highest BCUT2D eigenvalue weighted by atomic mass is 79.9. The summed E-state index contributed by atoms with van der Waals surface area (Å²) in [7, 11) is 1.38. The van der Waals surface area contributed by atoms with E-state index in [4.69, 9.17) is 5.73 Å². The first-order valence-electron chi connectivity index (χ1n) is 4.12. The average Bonchev–Trinajstić information content (AvgIpc) is 1.99. The van der Waals surface area contributed by atoms with E-state index in [-0.39, 0.29) is 0 Å². The second kappa shape index (κ2) is 4.30. The molecule has 0 radical (unpaired) electrons. The molecule has 0 fully saturated rings. The minimum atomic E-state index is -4.21. The molecule has 1 aromatic carbocycles. The van der Waals surface area contributed by atoms with Crippen LogP contribution in [0.5, 0.6) is 0 Å². The molecule has 2 nitrogen and oxygen atoms in total. The van der Waals surface area contributed by atoms with Crippen LogP contribution in [0.4, 0.5) is 24.5 Å². The Bertz CT molecular complexity index is 352. The number of alkyl halides is 3. The standard InChI is InChI=1S/C9H10BrF3N2/c1-15(5-9(11,12)13)8-3-2-6(14)4-7(8)10/h2-4H,5,14H2,1H3. The molecule has 0 aromatic heterocycles. The molecule has 0 saturated heterocycles. The van der Waals surface area contributed by atoms with E-state index in [0.717, 1.165) is 4.90 Å². The normalized spacial score (nSPS) is 11.5. The average molecular weight is 283 g/mol. The Hall–Kier alpha value is -0.910. The van der Waals surface area contributed by atoms with Gasteiger partial charge in [-0.05, 0) is 34.1 Å². The third kappa shape index (κ3) is 3.62. The number of nitrogens with two attached hydrogens (primary N) is 1. The van der Waals surface area contributed by atoms with Crippen LogP contribution in [-0.2, 0) is 0 Å². The molecule has 0 bridgehead atoms. The lowest BCUT2D eigenvalue weighted by molar-refractivity contribution is -0.119. The van der Waals surface area contributed by atoms with Crippen molar-refractivity contribution in [1.82, 2.24) is 0 Å². The number of nitrogens with zero attached hydrogens (tertiary/aromatic N) is 1. The van der Waals surface area contributed by atoms with E-state index >= 15 is 0 Å². The molecule has 0 unspecified atom stereocenters. The van der Waals surface area contributed by atoms with E-state index in [1.165, 1.54) is 7.05 Å². The van der Waals surface area contributed by atoms with Crippen molar-refractivity contribution in [3.05, 3.63) is 22.7 Å². The lowest BCUT2D eigenvalue weighted by Crippen LogP contribution is -2.31. The smallest absolute Gasteiger partial charge is 0.399 e. The molecule has 0 atom stereocenters. The quantitative estimate of drug-likeness (QED) is 0.845. The van der Waals surface area contributed by atoms with Gasteiger partial charge >= 0.3 is 6.18 Å². The summed E-state index contributed by atoms with van der Waals surface area (Å²) in [6.07, 6.45) is -4.21. The Labute approximate surface area is 94.0 Å². The molecule has 84 valence electrons. The third-order valence-electron chi connectivity index (χ3n) is 1.80. The van der Waals surface area contributed by atoms with Crippen molar-refractivity contribution >= 4 is 27.3 Å². The van der Waals surface area contributed by atoms with E-state index in [0.29, 0.717) is 15.8 Å². The number of benzene rings is 1. The van der Waals surface area contributed by atoms with Gasteiger partial charge in [0.25, 0.3) is 0 Å². The monoisotopic (exact) mass is 282 g/mol. The Kier molecular flexibility index (Phi) is 3.49. The molecule has 0 heterocycles. The van der Waals surface area contributed by atoms with E-state index in [1.807, 2.05) is 0 Å². The van der Waals surface area contributed by atoms with Crippen LogP contribution in [0.25, 0.3) is 0 Å². The molecule has 1 rings (SSSR count). The summed E-state index contributed by atoms with van der Waals surface area (Å²) in [5.41, 5.74) is 6.45. The minimum Gasteiger partial charge on any atom is -0.399 e. The molecular weight excluding hydrogens is 273 g/mol. The van der Waals surface area contributed by atoms with Crippen molar-refractivity contribution in [3.63, 3.8) is 0 Å². The van der Waals surface area contributed by atoms with Crippen LogP contribution in [0, 0.1) is 0 Å². The number of hydrogen-bond acceptors (Lipinski definition) is 2. The van der Waals surface area contributed by atoms with Crippen molar-refractivity contribution < 1.29 is 13.2 Å². The summed E-state index contributed by atoms with van der Waals surface area (Å²) in [5, 5.41) is 0. The van der Waals surface area contributed by atoms with Gasteiger partial charge in [0.1, 0.15) is 6.54 Å². The van der Waals surface area contributed by atoms with Crippen molar-refractivity contribution in [2.75, 3.05) is 24.2 Å². The Morgan fingerprint density at radius 1 is 1.40 bits per heavy atom. The van der Waals surface area contributed by atoms with Crippen LogP contribution >= 0.6 is 15.9 Å². The maximum Gasteiger partial charge on any atom is 0.405 e. The predicted octanol–water partition coefficient (Wildman–Crippen LogP) is 3.03. The molecule has 0 spiro atoms. The highest BCUT2D eigenvalue weighted by molar-refractivity contribution is 9.10. The number of halogens is 4. The zero-order valence-electron chi connectivity index (χ0n) is 7.98. The number of rotatable bonds is 2. The van der Waals surface area contributed by atoms with Crippen LogP contribution in [-0.4, -0.2) is 19.8 Å². The molecule has 0 aliphatic rings. The number of anilines is 2. The minimum absolute atomic E-state index is 0.460. The zero-order valence-corrected chi connectivity index (χ0v) is 9.56. The van der Waals surface area contributed by atoms with Gasteiger partial charge in [-0.15, -0.1) is 0 Å². The molecule has 6 heteroatoms. The fraction of sp³-hybridized carbons (Fsp3) is 0.333. The van der Waals surface area contributed by atoms with Gasteiger partial charge in [-0.1, -0.05) is 0 Å². The highest BCUT2D eigenvalue weighted by Crippen LogP contribution is 2.29. The first kappa shape index (κ1) is 12.2. The molecule has 0 amide bonds. The Morgan fingerprint density at radius 2 is 2.00 bits per heavy atom. The molecule has 0 saturated carbocycles. The molecule has 1 aromatic rings. The second-order valence-electron chi connectivity index (χ2n) is 3.18. The van der Waals surface area contributed by atoms with Crippen LogP contribution < -0.4 is 10.6 Å². The van der Waals surface area contributed by atoms with Gasteiger partial charge in [0.2, 0.25) is 0 Å². The summed E-state index contributed by atoms with van der Waals surface area (Å²) in [6, 6.07) is 4.68. The third-order valence-corrected chi connectivity index (χ3v) is 2.43. The van der Waals surface area contributed by atoms with Gasteiger partial charge in [-0.25, -0.2) is 0 Å². The lowest BCUT2D eigenvalue weighted by Gasteiger charge is -2.22. The molecule has 0 aliphatic carbocycles. The fourth-order valence-corrected chi connectivity index (χ4v) is 1.89. The van der Waals surface area contributed by atoms with Crippen LogP contribution in [0.2, 0.25) is 0 Å². The Balaban J connectivity index is 2.87. The summed E-state index contributed by atoms with van der Waals surface area (Å²) < 4.78 is 36.9. The van der Waals surface area contributed by atoms with E-state index in [2.05, 4.69) is 15.9 Å². The van der Waals surface area contributed by atoms with Gasteiger partial charge in [0, 0.05) is 17.2 Å². The largest absolute Gasteiger partial charge is 0.405 e. The maximum atomic E-state index is 12.1. The summed E-state index contributed by atoms with van der Waals surface area (Å²) >= 11 is 3.17.